The van der Waals surface area contributed by atoms with Gasteiger partial charge in [-0.05, 0) is 55.5 Å². The minimum atomic E-state index is -5.08. The molecule has 11 nitrogen and oxygen atoms in total. The molecule has 1 saturated heterocycles. The summed E-state index contributed by atoms with van der Waals surface area (Å²) < 4.78 is 39.0. The number of ether oxygens (including phenoxy) is 1. The van der Waals surface area contributed by atoms with Gasteiger partial charge in [0.1, 0.15) is 0 Å². The van der Waals surface area contributed by atoms with Crippen molar-refractivity contribution in [2.45, 2.75) is 13.1 Å². The molecule has 0 amide bonds. The monoisotopic (exact) mass is 552 g/mol. The highest BCUT2D eigenvalue weighted by atomic mass is 19.4. The maximum absolute atomic E-state index is 10.6. The number of carboxylic acid groups (broad SMARTS) is 1. The van der Waals surface area contributed by atoms with Crippen molar-refractivity contribution in [2.75, 3.05) is 36.5 Å². The van der Waals surface area contributed by atoms with Crippen LogP contribution in [-0.4, -0.2) is 68.5 Å². The lowest BCUT2D eigenvalue weighted by molar-refractivity contribution is -0.192. The number of nitrogens with one attached hydrogen (secondary N) is 1. The summed E-state index contributed by atoms with van der Waals surface area (Å²) in [7, 11) is 0. The van der Waals surface area contributed by atoms with Crippen LogP contribution in [0.15, 0.2) is 60.9 Å². The standard InChI is InChI=1S/C24H22N8O.C2HF3O2/c1-17-16-27-30-32(17)21-4-2-20(3-5-21)28-24-26-7-6-23(29-24)19-12-18(15-25)13-22(14-19)31-8-10-33-11-9-31;3-2(4,5)1(6)7/h2-7,12-14,16H,8-11H2,1H3,(H,26,28,29);(H,6,7). The second kappa shape index (κ2) is 12.2. The number of hydrogen-bond acceptors (Lipinski definition) is 9. The average Bonchev–Trinajstić information content (AvgIpc) is 3.39. The molecule has 0 unspecified atom stereocenters. The Balaban J connectivity index is 0.000000470. The Bertz CT molecular complexity index is 1510. The Morgan fingerprint density at radius 1 is 1.10 bits per heavy atom. The van der Waals surface area contributed by atoms with Gasteiger partial charge >= 0.3 is 12.1 Å². The maximum atomic E-state index is 10.6. The minimum absolute atomic E-state index is 0.479. The summed E-state index contributed by atoms with van der Waals surface area (Å²) in [5.41, 5.74) is 5.96. The lowest BCUT2D eigenvalue weighted by Gasteiger charge is -2.29. The molecule has 2 N–H and O–H groups in total. The molecule has 1 aliphatic heterocycles. The largest absolute Gasteiger partial charge is 0.490 e. The number of nitrogens with zero attached hydrogens (tertiary/aromatic N) is 7. The quantitative estimate of drug-likeness (QED) is 0.371. The van der Waals surface area contributed by atoms with Crippen LogP contribution in [0, 0.1) is 18.3 Å². The van der Waals surface area contributed by atoms with Crippen LogP contribution in [0.25, 0.3) is 16.9 Å². The van der Waals surface area contributed by atoms with Crippen LogP contribution in [0.1, 0.15) is 11.3 Å². The van der Waals surface area contributed by atoms with Gasteiger partial charge in [0.05, 0.1) is 48.1 Å². The molecule has 0 saturated carbocycles. The third kappa shape index (κ3) is 7.08. The van der Waals surface area contributed by atoms with E-state index in [9.17, 15) is 18.4 Å². The van der Waals surface area contributed by atoms with E-state index in [4.69, 9.17) is 14.6 Å². The smallest absolute Gasteiger partial charge is 0.475 e. The van der Waals surface area contributed by atoms with Gasteiger partial charge < -0.3 is 20.1 Å². The van der Waals surface area contributed by atoms with E-state index in [1.807, 2.05) is 49.4 Å². The van der Waals surface area contributed by atoms with E-state index in [1.54, 1.807) is 17.1 Å². The molecule has 2 aromatic carbocycles. The van der Waals surface area contributed by atoms with Crippen molar-refractivity contribution in [3.05, 3.63) is 72.2 Å². The molecule has 0 spiro atoms. The van der Waals surface area contributed by atoms with E-state index >= 15 is 0 Å². The van der Waals surface area contributed by atoms with Crippen molar-refractivity contribution in [1.82, 2.24) is 25.0 Å². The van der Waals surface area contributed by atoms with Crippen LogP contribution in [0.2, 0.25) is 0 Å². The lowest BCUT2D eigenvalue weighted by atomic mass is 10.1. The fraction of sp³-hybridized carbons (Fsp3) is 0.231. The first-order valence-electron chi connectivity index (χ1n) is 11.9. The lowest BCUT2D eigenvalue weighted by Crippen LogP contribution is -2.36. The van der Waals surface area contributed by atoms with Crippen molar-refractivity contribution in [1.29, 1.82) is 5.26 Å². The van der Waals surface area contributed by atoms with Crippen molar-refractivity contribution < 1.29 is 27.8 Å². The molecule has 0 atom stereocenters. The second-order valence-corrected chi connectivity index (χ2v) is 8.51. The molecular weight excluding hydrogens is 529 g/mol. The van der Waals surface area contributed by atoms with E-state index in [-0.39, 0.29) is 0 Å². The van der Waals surface area contributed by atoms with E-state index in [2.05, 4.69) is 42.6 Å². The number of benzene rings is 2. The summed E-state index contributed by atoms with van der Waals surface area (Å²) in [4.78, 5) is 20.2. The fourth-order valence-electron chi connectivity index (χ4n) is 3.76. The van der Waals surface area contributed by atoms with Crippen molar-refractivity contribution >= 4 is 23.3 Å². The van der Waals surface area contributed by atoms with E-state index < -0.39 is 12.1 Å². The Hall–Kier alpha value is -5.03. The molecular formula is C26H23F3N8O3. The van der Waals surface area contributed by atoms with Crippen LogP contribution >= 0.6 is 0 Å². The zero-order valence-corrected chi connectivity index (χ0v) is 21.1. The van der Waals surface area contributed by atoms with Gasteiger partial charge in [0.2, 0.25) is 5.95 Å². The average molecular weight is 553 g/mol. The number of anilines is 3. The molecule has 0 radical (unpaired) electrons. The molecule has 3 heterocycles. The summed E-state index contributed by atoms with van der Waals surface area (Å²) in [6.45, 7) is 4.92. The summed E-state index contributed by atoms with van der Waals surface area (Å²) in [6.07, 6.45) is -1.65. The van der Waals surface area contributed by atoms with Gasteiger partial charge in [-0.25, -0.2) is 19.4 Å². The molecule has 4 aromatic rings. The molecule has 14 heteroatoms. The highest BCUT2D eigenvalue weighted by Crippen LogP contribution is 2.27. The number of halogens is 3. The molecule has 1 fully saturated rings. The topological polar surface area (TPSA) is 142 Å². The van der Waals surface area contributed by atoms with Crippen molar-refractivity contribution in [3.63, 3.8) is 0 Å². The summed E-state index contributed by atoms with van der Waals surface area (Å²) in [5, 5.41) is 27.9. The number of carbonyl (C=O) groups is 1. The van der Waals surface area contributed by atoms with Crippen LogP contribution in [0.3, 0.4) is 0 Å². The number of nitriles is 1. The highest BCUT2D eigenvalue weighted by molar-refractivity contribution is 5.73. The number of alkyl halides is 3. The molecule has 0 aliphatic carbocycles. The predicted molar refractivity (Wildman–Crippen MR) is 138 cm³/mol. The maximum Gasteiger partial charge on any atom is 0.490 e. The van der Waals surface area contributed by atoms with Crippen LogP contribution in [0.5, 0.6) is 0 Å². The Morgan fingerprint density at radius 3 is 2.40 bits per heavy atom. The van der Waals surface area contributed by atoms with Gasteiger partial charge in [-0.2, -0.15) is 18.4 Å². The normalized spacial score (nSPS) is 13.1. The summed E-state index contributed by atoms with van der Waals surface area (Å²) >= 11 is 0. The van der Waals surface area contributed by atoms with Crippen molar-refractivity contribution in [3.8, 4) is 23.0 Å². The molecule has 40 heavy (non-hydrogen) atoms. The molecule has 1 aliphatic rings. The Kier molecular flexibility index (Phi) is 8.55. The van der Waals surface area contributed by atoms with Gasteiger partial charge in [0.15, 0.2) is 0 Å². The molecule has 5 rings (SSSR count). The first kappa shape index (κ1) is 28.0. The fourth-order valence-corrected chi connectivity index (χ4v) is 3.76. The molecule has 206 valence electrons. The first-order chi connectivity index (χ1) is 19.1. The first-order valence-corrected chi connectivity index (χ1v) is 11.9. The minimum Gasteiger partial charge on any atom is -0.475 e. The number of morpholine rings is 1. The number of rotatable bonds is 5. The number of aromatic nitrogens is 5. The zero-order valence-electron chi connectivity index (χ0n) is 21.1. The van der Waals surface area contributed by atoms with Gasteiger partial charge in [-0.1, -0.05) is 5.21 Å². The van der Waals surface area contributed by atoms with Crippen LogP contribution in [-0.2, 0) is 9.53 Å². The summed E-state index contributed by atoms with van der Waals surface area (Å²) in [5.74, 6) is -2.28. The number of aryl methyl sites for hydroxylation is 1. The third-order valence-corrected chi connectivity index (χ3v) is 5.70. The van der Waals surface area contributed by atoms with E-state index in [1.165, 1.54) is 0 Å². The summed E-state index contributed by atoms with van der Waals surface area (Å²) in [6, 6.07) is 17.7. The van der Waals surface area contributed by atoms with Gasteiger partial charge in [-0.3, -0.25) is 0 Å². The van der Waals surface area contributed by atoms with Crippen molar-refractivity contribution in [2.24, 2.45) is 0 Å². The predicted octanol–water partition coefficient (Wildman–Crippen LogP) is 4.12. The van der Waals surface area contributed by atoms with E-state index in [0.717, 1.165) is 47.1 Å². The van der Waals surface area contributed by atoms with E-state index in [0.29, 0.717) is 24.7 Å². The van der Waals surface area contributed by atoms with Gasteiger partial charge in [-0.15, -0.1) is 5.10 Å². The number of hydrogen-bond donors (Lipinski definition) is 2. The SMILES string of the molecule is Cc1cnnn1-c1ccc(Nc2nccc(-c3cc(C#N)cc(N4CCOCC4)c3)n2)cc1.O=C(O)C(F)(F)F. The van der Waals surface area contributed by atoms with Crippen LogP contribution < -0.4 is 10.2 Å². The highest BCUT2D eigenvalue weighted by Gasteiger charge is 2.38. The number of carboxylic acids is 1. The third-order valence-electron chi connectivity index (χ3n) is 5.70. The molecule has 0 bridgehead atoms. The van der Waals surface area contributed by atoms with Crippen LogP contribution in [0.4, 0.5) is 30.5 Å². The van der Waals surface area contributed by atoms with Gasteiger partial charge in [0.25, 0.3) is 0 Å². The Labute approximate surface area is 226 Å². The molecule has 2 aromatic heterocycles. The number of aliphatic carboxylic acids is 1. The zero-order chi connectivity index (χ0) is 28.7. The second-order valence-electron chi connectivity index (χ2n) is 8.51. The Morgan fingerprint density at radius 2 is 1.80 bits per heavy atom. The van der Waals surface area contributed by atoms with Gasteiger partial charge in [0, 0.05) is 36.2 Å².